The van der Waals surface area contributed by atoms with Crippen LogP contribution >= 0.6 is 0 Å². The van der Waals surface area contributed by atoms with Gasteiger partial charge in [0.25, 0.3) is 5.91 Å². The van der Waals surface area contributed by atoms with E-state index < -0.39 is 5.91 Å². The molecule has 5 N–H and O–H groups in total. The number of anilines is 4. The lowest BCUT2D eigenvalue weighted by atomic mass is 10.0. The molecule has 45 heavy (non-hydrogen) atoms. The molecule has 0 atom stereocenters. The van der Waals surface area contributed by atoms with Crippen LogP contribution in [-0.2, 0) is 0 Å². The number of hydrogen-bond donors (Lipinski definition) is 4. The summed E-state index contributed by atoms with van der Waals surface area (Å²) in [6.45, 7) is 6.07. The second-order valence-corrected chi connectivity index (χ2v) is 12.7. The molecule has 4 heterocycles. The van der Waals surface area contributed by atoms with Crippen LogP contribution in [-0.4, -0.2) is 89.1 Å². The molecule has 236 valence electrons. The number of benzene rings is 2. The number of aromatic amines is 1. The van der Waals surface area contributed by atoms with Crippen LogP contribution in [0.1, 0.15) is 49.0 Å². The first-order valence-corrected chi connectivity index (χ1v) is 16.2. The number of aromatic nitrogens is 3. The van der Waals surface area contributed by atoms with Gasteiger partial charge in [0.05, 0.1) is 5.69 Å². The second kappa shape index (κ2) is 12.6. The number of nitrogens with one attached hydrogen (secondary N) is 3. The number of carbonyl (C=O) groups excluding carboxylic acids is 1. The number of halogens is 1. The first kappa shape index (κ1) is 29.5. The van der Waals surface area contributed by atoms with Crippen LogP contribution in [0.25, 0.3) is 22.2 Å². The zero-order valence-electron chi connectivity index (χ0n) is 25.9. The van der Waals surface area contributed by atoms with Crippen molar-refractivity contribution in [3.63, 3.8) is 0 Å². The highest BCUT2D eigenvalue weighted by atomic mass is 19.1. The number of rotatable bonds is 8. The standard InChI is InChI=1S/C34H42FN9O/c1-42-17-19-43(20-18-42)24-12-15-44(16-13-24)29-10-9-23(21-27(29)35)39-34-31(32(36)45)40-30(33(41-34)38-22-5-2-3-6-22)26-7-4-8-28-25(26)11-14-37-28/h4,7-11,14,21-22,24,37H,2-3,5-6,12-13,15-20H2,1H3,(H2,36,45)(H2,38,39,41). The van der Waals surface area contributed by atoms with Crippen molar-refractivity contribution in [3.8, 4) is 11.3 Å². The van der Waals surface area contributed by atoms with Gasteiger partial charge in [-0.05, 0) is 63.1 Å². The fraction of sp³-hybridized carbons (Fsp3) is 0.441. The lowest BCUT2D eigenvalue weighted by Crippen LogP contribution is -2.52. The van der Waals surface area contributed by atoms with Crippen molar-refractivity contribution >= 4 is 39.8 Å². The molecule has 3 fully saturated rings. The summed E-state index contributed by atoms with van der Waals surface area (Å²) in [4.78, 5) is 32.7. The maximum Gasteiger partial charge on any atom is 0.271 e. The number of fused-ring (bicyclic) bond motifs is 1. The summed E-state index contributed by atoms with van der Waals surface area (Å²) >= 11 is 0. The van der Waals surface area contributed by atoms with Gasteiger partial charge >= 0.3 is 0 Å². The van der Waals surface area contributed by atoms with E-state index in [4.69, 9.17) is 15.7 Å². The van der Waals surface area contributed by atoms with Gasteiger partial charge in [-0.15, -0.1) is 0 Å². The number of piperidine rings is 1. The van der Waals surface area contributed by atoms with Crippen LogP contribution in [0.3, 0.4) is 0 Å². The van der Waals surface area contributed by atoms with Crippen molar-refractivity contribution < 1.29 is 9.18 Å². The normalized spacial score (nSPS) is 18.9. The number of carbonyl (C=O) groups is 1. The summed E-state index contributed by atoms with van der Waals surface area (Å²) in [5, 5.41) is 7.73. The van der Waals surface area contributed by atoms with E-state index in [9.17, 15) is 4.79 Å². The lowest BCUT2D eigenvalue weighted by molar-refractivity contribution is 0.0981. The average molecular weight is 612 g/mol. The van der Waals surface area contributed by atoms with Gasteiger partial charge in [0.1, 0.15) is 11.5 Å². The van der Waals surface area contributed by atoms with E-state index in [0.29, 0.717) is 28.9 Å². The van der Waals surface area contributed by atoms with Crippen LogP contribution in [0, 0.1) is 5.82 Å². The summed E-state index contributed by atoms with van der Waals surface area (Å²) in [6, 6.07) is 13.8. The predicted octanol–water partition coefficient (Wildman–Crippen LogP) is 5.18. The van der Waals surface area contributed by atoms with E-state index in [-0.39, 0.29) is 23.4 Å². The maximum absolute atomic E-state index is 15.6. The molecule has 11 heteroatoms. The van der Waals surface area contributed by atoms with Crippen LogP contribution < -0.4 is 21.3 Å². The van der Waals surface area contributed by atoms with Crippen molar-refractivity contribution in [3.05, 3.63) is 60.2 Å². The molecular weight excluding hydrogens is 569 g/mol. The number of nitrogens with zero attached hydrogens (tertiary/aromatic N) is 5. The molecule has 0 spiro atoms. The summed E-state index contributed by atoms with van der Waals surface area (Å²) in [7, 11) is 2.18. The third-order valence-corrected chi connectivity index (χ3v) is 9.75. The molecule has 2 saturated heterocycles. The summed E-state index contributed by atoms with van der Waals surface area (Å²) in [6.07, 6.45) is 8.31. The highest BCUT2D eigenvalue weighted by Gasteiger charge is 2.28. The summed E-state index contributed by atoms with van der Waals surface area (Å²) < 4.78 is 15.6. The number of primary amides is 1. The third-order valence-electron chi connectivity index (χ3n) is 9.75. The molecule has 10 nitrogen and oxygen atoms in total. The number of nitrogens with two attached hydrogens (primary N) is 1. The highest BCUT2D eigenvalue weighted by molar-refractivity contribution is 6.00. The predicted molar refractivity (Wildman–Crippen MR) is 178 cm³/mol. The Labute approximate surface area is 263 Å². The van der Waals surface area contributed by atoms with Gasteiger partial charge < -0.3 is 31.2 Å². The smallest absolute Gasteiger partial charge is 0.271 e. The van der Waals surface area contributed by atoms with E-state index in [1.54, 1.807) is 0 Å². The molecule has 4 aromatic rings. The Morgan fingerprint density at radius 2 is 1.73 bits per heavy atom. The Morgan fingerprint density at radius 1 is 0.956 bits per heavy atom. The van der Waals surface area contributed by atoms with E-state index in [1.165, 1.54) is 6.07 Å². The van der Waals surface area contributed by atoms with E-state index in [0.717, 1.165) is 94.3 Å². The minimum absolute atomic E-state index is 0.00461. The van der Waals surface area contributed by atoms with Crippen LogP contribution in [0.4, 0.5) is 27.4 Å². The first-order chi connectivity index (χ1) is 21.9. The number of amides is 1. The molecule has 2 aromatic carbocycles. The fourth-order valence-corrected chi connectivity index (χ4v) is 7.17. The minimum Gasteiger partial charge on any atom is -0.369 e. The number of likely N-dealkylation sites (N-methyl/N-ethyl adjacent to an activating group) is 1. The van der Waals surface area contributed by atoms with E-state index in [2.05, 4.69) is 37.4 Å². The molecule has 1 saturated carbocycles. The van der Waals surface area contributed by atoms with Crippen LogP contribution in [0.2, 0.25) is 0 Å². The molecule has 0 unspecified atom stereocenters. The zero-order chi connectivity index (χ0) is 30.9. The largest absolute Gasteiger partial charge is 0.369 e. The zero-order valence-corrected chi connectivity index (χ0v) is 25.9. The van der Waals surface area contributed by atoms with E-state index >= 15 is 4.39 Å². The van der Waals surface area contributed by atoms with Crippen molar-refractivity contribution in [2.24, 2.45) is 5.73 Å². The summed E-state index contributed by atoms with van der Waals surface area (Å²) in [5.74, 6) is -0.247. The Kier molecular flexibility index (Phi) is 8.29. The maximum atomic E-state index is 15.6. The van der Waals surface area contributed by atoms with Crippen molar-refractivity contribution in [1.29, 1.82) is 0 Å². The van der Waals surface area contributed by atoms with Gasteiger partial charge in [-0.3, -0.25) is 9.69 Å². The third kappa shape index (κ3) is 6.19. The van der Waals surface area contributed by atoms with Gasteiger partial charge in [0.15, 0.2) is 17.3 Å². The van der Waals surface area contributed by atoms with Crippen molar-refractivity contribution in [2.75, 3.05) is 61.8 Å². The Hall–Kier alpha value is -4.22. The topological polar surface area (TPSA) is 118 Å². The van der Waals surface area contributed by atoms with Gasteiger partial charge in [-0.2, -0.15) is 0 Å². The molecule has 3 aliphatic rings. The molecular formula is C34H42FN9O. The number of hydrogen-bond acceptors (Lipinski definition) is 8. The van der Waals surface area contributed by atoms with Gasteiger partial charge in [0, 0.05) is 79.7 Å². The quantitative estimate of drug-likeness (QED) is 0.215. The minimum atomic E-state index is -0.708. The van der Waals surface area contributed by atoms with Crippen molar-refractivity contribution in [2.45, 2.75) is 50.6 Å². The van der Waals surface area contributed by atoms with E-state index in [1.807, 2.05) is 42.6 Å². The Balaban J connectivity index is 1.14. The fourth-order valence-electron chi connectivity index (χ4n) is 7.17. The molecule has 2 aromatic heterocycles. The monoisotopic (exact) mass is 611 g/mol. The second-order valence-electron chi connectivity index (χ2n) is 12.7. The summed E-state index contributed by atoms with van der Waals surface area (Å²) in [5.41, 5.74) is 9.30. The number of piperazine rings is 1. The highest BCUT2D eigenvalue weighted by Crippen LogP contribution is 2.36. The molecule has 1 aliphatic carbocycles. The lowest BCUT2D eigenvalue weighted by Gasteiger charge is -2.42. The Morgan fingerprint density at radius 3 is 2.47 bits per heavy atom. The SMILES string of the molecule is CN1CCN(C2CCN(c3ccc(Nc4nc(NC5CCCC5)c(-c5cccc6[nH]ccc56)nc4C(N)=O)cc3F)CC2)CC1. The van der Waals surface area contributed by atoms with Gasteiger partial charge in [-0.25, -0.2) is 14.4 Å². The molecule has 7 rings (SSSR count). The van der Waals surface area contributed by atoms with Gasteiger partial charge in [-0.1, -0.05) is 25.0 Å². The molecule has 2 aliphatic heterocycles. The molecule has 0 radical (unpaired) electrons. The van der Waals surface area contributed by atoms with Gasteiger partial charge in [0.2, 0.25) is 0 Å². The molecule has 1 amide bonds. The number of H-pyrrole nitrogens is 1. The average Bonchev–Trinajstić information content (AvgIpc) is 3.74. The Bertz CT molecular complexity index is 1670. The van der Waals surface area contributed by atoms with Crippen molar-refractivity contribution in [1.82, 2.24) is 24.8 Å². The first-order valence-electron chi connectivity index (χ1n) is 16.2. The molecule has 0 bridgehead atoms. The van der Waals surface area contributed by atoms with Crippen LogP contribution in [0.15, 0.2) is 48.7 Å². The van der Waals surface area contributed by atoms with Crippen LogP contribution in [0.5, 0.6) is 0 Å².